The highest BCUT2D eigenvalue weighted by Crippen LogP contribution is 2.40. The highest BCUT2D eigenvalue weighted by Gasteiger charge is 2.34. The van der Waals surface area contributed by atoms with Gasteiger partial charge in [-0.1, -0.05) is 30.3 Å². The molecule has 6 nitrogen and oxygen atoms in total. The van der Waals surface area contributed by atoms with Crippen molar-refractivity contribution in [2.75, 3.05) is 29.5 Å². The number of benzene rings is 3. The smallest absolute Gasteiger partial charge is 0.196 e. The van der Waals surface area contributed by atoms with Gasteiger partial charge in [0.2, 0.25) is 0 Å². The summed E-state index contributed by atoms with van der Waals surface area (Å²) in [7, 11) is 0. The highest BCUT2D eigenvalue weighted by atomic mass is 19.1. The molecule has 5 N–H and O–H groups in total. The molecule has 1 aliphatic carbocycles. The maximum Gasteiger partial charge on any atom is 0.196 e. The van der Waals surface area contributed by atoms with Crippen molar-refractivity contribution in [1.82, 2.24) is 0 Å². The Bertz CT molecular complexity index is 1140. The summed E-state index contributed by atoms with van der Waals surface area (Å²) in [4.78, 5) is 26.4. The maximum absolute atomic E-state index is 13.6. The van der Waals surface area contributed by atoms with Crippen molar-refractivity contribution in [3.05, 3.63) is 82.7 Å². The number of anilines is 4. The van der Waals surface area contributed by atoms with Crippen LogP contribution in [0.5, 0.6) is 0 Å². The molecule has 0 aliphatic heterocycles. The summed E-state index contributed by atoms with van der Waals surface area (Å²) >= 11 is 0. The first-order valence-corrected chi connectivity index (χ1v) is 9.03. The zero-order chi connectivity index (χ0) is 20.5. The predicted octanol–water partition coefficient (Wildman–Crippen LogP) is 3.33. The van der Waals surface area contributed by atoms with Gasteiger partial charge in [0.05, 0.1) is 34.8 Å². The number of aliphatic hydroxyl groups is 1. The summed E-state index contributed by atoms with van der Waals surface area (Å²) in [6.07, 6.45) is 0. The summed E-state index contributed by atoms with van der Waals surface area (Å²) < 4.78 is 13.6. The number of carbonyl (C=O) groups is 2. The van der Waals surface area contributed by atoms with E-state index in [1.165, 1.54) is 18.2 Å². The van der Waals surface area contributed by atoms with E-state index in [2.05, 4.69) is 10.6 Å². The maximum atomic E-state index is 13.6. The lowest BCUT2D eigenvalue weighted by Gasteiger charge is -2.24. The van der Waals surface area contributed by atoms with Crippen LogP contribution in [-0.4, -0.2) is 29.8 Å². The molecule has 146 valence electrons. The summed E-state index contributed by atoms with van der Waals surface area (Å²) in [5.74, 6) is -1.14. The molecule has 0 atom stereocenters. The van der Waals surface area contributed by atoms with Gasteiger partial charge in [-0.3, -0.25) is 9.59 Å². The van der Waals surface area contributed by atoms with Crippen molar-refractivity contribution >= 4 is 34.3 Å². The minimum absolute atomic E-state index is 0.0931. The Balaban J connectivity index is 1.93. The fraction of sp³-hybridized carbons (Fsp3) is 0.0909. The SMILES string of the molecule is Nc1c(NCCO)cc(Nc2cccc(F)c2)c2c1C(=O)c1ccccc1C2=O. The van der Waals surface area contributed by atoms with E-state index in [9.17, 15) is 14.0 Å². The first kappa shape index (κ1) is 18.6. The molecular formula is C22H18FN3O3. The molecular weight excluding hydrogens is 373 g/mol. The summed E-state index contributed by atoms with van der Waals surface area (Å²) in [5, 5.41) is 15.1. The second-order valence-electron chi connectivity index (χ2n) is 6.62. The Morgan fingerprint density at radius 3 is 2.24 bits per heavy atom. The second kappa shape index (κ2) is 7.37. The van der Waals surface area contributed by atoms with Crippen LogP contribution in [0.25, 0.3) is 0 Å². The first-order chi connectivity index (χ1) is 14.0. The summed E-state index contributed by atoms with van der Waals surface area (Å²) in [6.45, 7) is 0.0695. The molecule has 7 heteroatoms. The molecule has 0 saturated heterocycles. The third-order valence-electron chi connectivity index (χ3n) is 4.77. The average Bonchev–Trinajstić information content (AvgIpc) is 2.72. The van der Waals surface area contributed by atoms with Crippen molar-refractivity contribution < 1.29 is 19.1 Å². The van der Waals surface area contributed by atoms with Crippen LogP contribution in [0.2, 0.25) is 0 Å². The summed E-state index contributed by atoms with van der Waals surface area (Å²) in [6, 6.07) is 13.9. The third-order valence-corrected chi connectivity index (χ3v) is 4.77. The lowest BCUT2D eigenvalue weighted by Crippen LogP contribution is -2.24. The Morgan fingerprint density at radius 2 is 1.59 bits per heavy atom. The number of aliphatic hydroxyl groups excluding tert-OH is 1. The molecule has 0 amide bonds. The minimum Gasteiger partial charge on any atom is -0.396 e. The second-order valence-corrected chi connectivity index (χ2v) is 6.62. The Labute approximate surface area is 166 Å². The van der Waals surface area contributed by atoms with E-state index >= 15 is 0 Å². The molecule has 1 aliphatic rings. The van der Waals surface area contributed by atoms with Gasteiger partial charge in [0.15, 0.2) is 11.6 Å². The number of fused-ring (bicyclic) bond motifs is 2. The Kier molecular flexibility index (Phi) is 4.74. The van der Waals surface area contributed by atoms with E-state index < -0.39 is 5.82 Å². The van der Waals surface area contributed by atoms with Crippen LogP contribution in [0.15, 0.2) is 54.6 Å². The third kappa shape index (κ3) is 3.21. The van der Waals surface area contributed by atoms with Gasteiger partial charge in [-0.2, -0.15) is 0 Å². The normalized spacial score (nSPS) is 12.3. The van der Waals surface area contributed by atoms with E-state index in [1.807, 2.05) is 0 Å². The van der Waals surface area contributed by atoms with Gasteiger partial charge < -0.3 is 21.5 Å². The van der Waals surface area contributed by atoms with Gasteiger partial charge >= 0.3 is 0 Å². The van der Waals surface area contributed by atoms with Crippen LogP contribution in [0, 0.1) is 5.82 Å². The average molecular weight is 391 g/mol. The van der Waals surface area contributed by atoms with E-state index in [-0.39, 0.29) is 47.1 Å². The van der Waals surface area contributed by atoms with Gasteiger partial charge in [0.1, 0.15) is 5.82 Å². The Morgan fingerprint density at radius 1 is 0.897 bits per heavy atom. The van der Waals surface area contributed by atoms with Crippen molar-refractivity contribution in [3.8, 4) is 0 Å². The number of hydrogen-bond acceptors (Lipinski definition) is 6. The zero-order valence-corrected chi connectivity index (χ0v) is 15.3. The number of nitrogens with one attached hydrogen (secondary N) is 2. The number of carbonyl (C=O) groups excluding carboxylic acids is 2. The van der Waals surface area contributed by atoms with Crippen LogP contribution < -0.4 is 16.4 Å². The van der Waals surface area contributed by atoms with Gasteiger partial charge in [-0.15, -0.1) is 0 Å². The van der Waals surface area contributed by atoms with Crippen LogP contribution in [0.1, 0.15) is 31.8 Å². The fourth-order valence-corrected chi connectivity index (χ4v) is 3.48. The van der Waals surface area contributed by atoms with Crippen molar-refractivity contribution in [1.29, 1.82) is 0 Å². The molecule has 0 bridgehead atoms. The molecule has 4 rings (SSSR count). The Hall–Kier alpha value is -3.71. The molecule has 0 aromatic heterocycles. The van der Waals surface area contributed by atoms with E-state index in [1.54, 1.807) is 36.4 Å². The topological polar surface area (TPSA) is 104 Å². The number of halogens is 1. The van der Waals surface area contributed by atoms with Crippen LogP contribution in [0.4, 0.5) is 27.1 Å². The first-order valence-electron chi connectivity index (χ1n) is 9.03. The number of nitrogen functional groups attached to an aromatic ring is 1. The van der Waals surface area contributed by atoms with Crippen LogP contribution in [0.3, 0.4) is 0 Å². The van der Waals surface area contributed by atoms with Crippen molar-refractivity contribution in [2.45, 2.75) is 0 Å². The van der Waals surface area contributed by atoms with Crippen molar-refractivity contribution in [3.63, 3.8) is 0 Å². The number of rotatable bonds is 5. The number of nitrogens with two attached hydrogens (primary N) is 1. The molecule has 3 aromatic rings. The number of ketones is 2. The number of hydrogen-bond donors (Lipinski definition) is 4. The van der Waals surface area contributed by atoms with Gasteiger partial charge in [-0.05, 0) is 24.3 Å². The minimum atomic E-state index is -0.439. The van der Waals surface area contributed by atoms with Crippen LogP contribution in [-0.2, 0) is 0 Å². The molecule has 0 saturated carbocycles. The van der Waals surface area contributed by atoms with Gasteiger partial charge in [0, 0.05) is 23.4 Å². The lowest BCUT2D eigenvalue weighted by molar-refractivity contribution is 0.0980. The lowest BCUT2D eigenvalue weighted by atomic mass is 9.82. The molecule has 0 heterocycles. The zero-order valence-electron chi connectivity index (χ0n) is 15.3. The molecule has 0 unspecified atom stereocenters. The summed E-state index contributed by atoms with van der Waals surface area (Å²) in [5.41, 5.74) is 8.33. The molecule has 0 spiro atoms. The van der Waals surface area contributed by atoms with E-state index in [0.29, 0.717) is 22.6 Å². The monoisotopic (exact) mass is 391 g/mol. The van der Waals surface area contributed by atoms with Gasteiger partial charge in [0.25, 0.3) is 0 Å². The fourth-order valence-electron chi connectivity index (χ4n) is 3.48. The standard InChI is InChI=1S/C22H18FN3O3/c23-12-4-3-5-13(10-12)26-16-11-17(25-8-9-27)20(24)19-18(16)21(28)14-6-1-2-7-15(14)22(19)29/h1-7,10-11,25-27H,8-9,24H2. The van der Waals surface area contributed by atoms with E-state index in [4.69, 9.17) is 10.8 Å². The highest BCUT2D eigenvalue weighted by molar-refractivity contribution is 6.32. The van der Waals surface area contributed by atoms with Crippen molar-refractivity contribution in [2.24, 2.45) is 0 Å². The molecule has 29 heavy (non-hydrogen) atoms. The molecule has 0 radical (unpaired) electrons. The predicted molar refractivity (Wildman–Crippen MR) is 109 cm³/mol. The molecule has 3 aromatic carbocycles. The van der Waals surface area contributed by atoms with E-state index in [0.717, 1.165) is 0 Å². The quantitative estimate of drug-likeness (QED) is 0.389. The van der Waals surface area contributed by atoms with Crippen LogP contribution >= 0.6 is 0 Å². The molecule has 0 fully saturated rings. The van der Waals surface area contributed by atoms with Gasteiger partial charge in [-0.25, -0.2) is 4.39 Å². The largest absolute Gasteiger partial charge is 0.396 e.